The third-order valence-corrected chi connectivity index (χ3v) is 13.0. The van der Waals surface area contributed by atoms with Gasteiger partial charge in [0.25, 0.3) is 0 Å². The number of aliphatic hydroxyl groups is 12. The summed E-state index contributed by atoms with van der Waals surface area (Å²) in [6, 6.07) is -3.95. The van der Waals surface area contributed by atoms with Crippen molar-refractivity contribution in [2.45, 2.75) is 167 Å². The zero-order valence-corrected chi connectivity index (χ0v) is 40.5. The van der Waals surface area contributed by atoms with Gasteiger partial charge in [0, 0.05) is 13.8 Å². The summed E-state index contributed by atoms with van der Waals surface area (Å²) in [5.74, 6) is -1.96. The highest BCUT2D eigenvalue weighted by Gasteiger charge is 2.57. The molecule has 0 saturated carbocycles. The smallest absolute Gasteiger partial charge is 0.394 e. The van der Waals surface area contributed by atoms with Gasteiger partial charge in [0.15, 0.2) is 31.5 Å². The molecule has 5 rings (SSSR count). The van der Waals surface area contributed by atoms with Crippen LogP contribution in [0.15, 0.2) is 0 Å². The summed E-state index contributed by atoms with van der Waals surface area (Å²) in [4.78, 5) is 25.0. The SMILES string of the molecule is CC(=O)N[C@H]1[C@H](O[C@H]2[C@@H](O)[C@@H](CO)O[C@@H](O[C@H]3[C@H](O)[C@@H](NC(C)=O)[C@H](O[C@H]4[C@@H](O)[C@@H](CO)OC(O)[C@@H]4O)O[C@@H]3COS(=O)(=O)O)[C@@H]2O)O[C@H](COS(=O)(=O)O)[C@@H](O[C@@H]2O[C@H](COS(=O)(=O)O)[C@H](O)[C@H](O)[C@H]2O)[C@@H]1O. The van der Waals surface area contributed by atoms with E-state index in [0.717, 1.165) is 13.8 Å². The van der Waals surface area contributed by atoms with Gasteiger partial charge in [-0.1, -0.05) is 0 Å². The van der Waals surface area contributed by atoms with Crippen LogP contribution in [0.25, 0.3) is 0 Å². The standard InChI is InChI=1S/C34H58N2O35S3/c1-8(39)35-15-21(45)27(14(7-62-74(57,58)59)66-31(15)70-28-18(42)10(3-37)63-30(50)24(28)48)69-34-25(49)29(19(43)11(4-38)64-34)71-32-16(36-9(2)40)20(44)26(13(67-32)6-61-73(54,55)56)68-33-23(47)22(46)17(41)12(65-33)5-60-72(51,52)53/h10-34,37-38,41-50H,3-7H2,1-2H3,(H,35,39)(H,36,40)(H,51,52,53)(H,54,55,56)(H,57,58,59)/t10-,11-,12-,13-,14-,15-,16-,17+,18+,19+,20-,21-,22+,23-,24-,25-,26-,27-,28+,29+,30?,31+,32+,33+,34+/m1/s1. The number of carbonyl (C=O) groups is 2. The number of aliphatic hydroxyl groups excluding tert-OH is 12. The van der Waals surface area contributed by atoms with Gasteiger partial charge in [-0.05, 0) is 0 Å². The molecule has 40 heteroatoms. The highest BCUT2D eigenvalue weighted by atomic mass is 32.3. The van der Waals surface area contributed by atoms with Crippen LogP contribution in [-0.2, 0) is 96.0 Å². The first-order valence-corrected chi connectivity index (χ1v) is 25.7. The fourth-order valence-electron chi connectivity index (χ4n) is 8.25. The van der Waals surface area contributed by atoms with Gasteiger partial charge in [-0.2, -0.15) is 25.3 Å². The van der Waals surface area contributed by atoms with Crippen LogP contribution >= 0.6 is 0 Å². The lowest BCUT2D eigenvalue weighted by atomic mass is 9.94. The maximum absolute atomic E-state index is 12.6. The summed E-state index contributed by atoms with van der Waals surface area (Å²) in [7, 11) is -16.0. The molecule has 1 unspecified atom stereocenters. The third kappa shape index (κ3) is 15.9. The normalized spacial score (nSPS) is 43.6. The van der Waals surface area contributed by atoms with Crippen molar-refractivity contribution in [3.05, 3.63) is 0 Å². The molecule has 25 atom stereocenters. The van der Waals surface area contributed by atoms with E-state index in [2.05, 4.69) is 23.2 Å². The number of amides is 2. The predicted molar refractivity (Wildman–Crippen MR) is 221 cm³/mol. The minimum atomic E-state index is -5.42. The lowest BCUT2D eigenvalue weighted by Crippen LogP contribution is -2.70. The van der Waals surface area contributed by atoms with Crippen LogP contribution in [0.4, 0.5) is 0 Å². The quantitative estimate of drug-likeness (QED) is 0.0475. The molecular weight excluding hydrogens is 1090 g/mol. The second-order valence-electron chi connectivity index (χ2n) is 17.0. The molecule has 0 aromatic heterocycles. The first kappa shape index (κ1) is 62.6. The number of hydrogen-bond acceptors (Lipinski definition) is 32. The van der Waals surface area contributed by atoms with Crippen molar-refractivity contribution in [2.24, 2.45) is 0 Å². The van der Waals surface area contributed by atoms with Crippen LogP contribution in [0.5, 0.6) is 0 Å². The molecule has 0 aromatic rings. The maximum Gasteiger partial charge on any atom is 0.397 e. The van der Waals surface area contributed by atoms with E-state index in [1.165, 1.54) is 0 Å². The monoisotopic (exact) mass is 1150 g/mol. The fraction of sp³-hybridized carbons (Fsp3) is 0.941. The molecule has 74 heavy (non-hydrogen) atoms. The van der Waals surface area contributed by atoms with Crippen molar-refractivity contribution in [1.82, 2.24) is 10.6 Å². The summed E-state index contributed by atoms with van der Waals surface area (Å²) in [5, 5.41) is 134. The molecule has 5 saturated heterocycles. The second kappa shape index (κ2) is 25.7. The number of ether oxygens (including phenoxy) is 9. The van der Waals surface area contributed by atoms with E-state index >= 15 is 0 Å². The van der Waals surface area contributed by atoms with E-state index in [1.54, 1.807) is 0 Å². The Bertz CT molecular complexity index is 2200. The van der Waals surface area contributed by atoms with Gasteiger partial charge in [-0.25, -0.2) is 12.5 Å². The zero-order valence-electron chi connectivity index (χ0n) is 38.1. The Hall–Kier alpha value is -2.29. The molecule has 17 N–H and O–H groups in total. The van der Waals surface area contributed by atoms with Crippen LogP contribution in [0.1, 0.15) is 13.8 Å². The first-order valence-electron chi connectivity index (χ1n) is 21.6. The van der Waals surface area contributed by atoms with Gasteiger partial charge in [0.1, 0.15) is 122 Å². The van der Waals surface area contributed by atoms with Crippen molar-refractivity contribution in [2.75, 3.05) is 33.0 Å². The van der Waals surface area contributed by atoms with E-state index in [1.807, 2.05) is 0 Å². The van der Waals surface area contributed by atoms with Gasteiger partial charge >= 0.3 is 31.2 Å². The van der Waals surface area contributed by atoms with Crippen LogP contribution in [0.2, 0.25) is 0 Å². The summed E-state index contributed by atoms with van der Waals surface area (Å²) in [6.45, 7) is -4.31. The molecule has 0 spiro atoms. The van der Waals surface area contributed by atoms with Gasteiger partial charge in [0.05, 0.1) is 33.0 Å². The average molecular weight is 1150 g/mol. The molecule has 432 valence electrons. The molecule has 0 aliphatic carbocycles. The highest BCUT2D eigenvalue weighted by molar-refractivity contribution is 7.81. The predicted octanol–water partition coefficient (Wildman–Crippen LogP) is -12.2. The van der Waals surface area contributed by atoms with Crippen molar-refractivity contribution in [3.8, 4) is 0 Å². The summed E-state index contributed by atoms with van der Waals surface area (Å²) < 4.78 is 160. The molecule has 5 heterocycles. The molecule has 0 bridgehead atoms. The van der Waals surface area contributed by atoms with Crippen molar-refractivity contribution >= 4 is 43.0 Å². The van der Waals surface area contributed by atoms with Gasteiger partial charge < -0.3 is 115 Å². The highest BCUT2D eigenvalue weighted by Crippen LogP contribution is 2.36. The zero-order chi connectivity index (χ0) is 55.5. The van der Waals surface area contributed by atoms with Crippen LogP contribution < -0.4 is 10.6 Å². The van der Waals surface area contributed by atoms with E-state index in [9.17, 15) is 105 Å². The van der Waals surface area contributed by atoms with Crippen LogP contribution in [0.3, 0.4) is 0 Å². The van der Waals surface area contributed by atoms with Crippen LogP contribution in [-0.4, -0.2) is 298 Å². The van der Waals surface area contributed by atoms with E-state index in [-0.39, 0.29) is 0 Å². The fourth-order valence-corrected chi connectivity index (χ4v) is 9.17. The number of nitrogens with one attached hydrogen (secondary N) is 2. The Morgan fingerprint density at radius 2 is 0.743 bits per heavy atom. The van der Waals surface area contributed by atoms with Gasteiger partial charge in [-0.15, -0.1) is 0 Å². The minimum Gasteiger partial charge on any atom is -0.394 e. The Kier molecular flexibility index (Phi) is 21.7. The first-order chi connectivity index (χ1) is 34.2. The Balaban J connectivity index is 1.46. The molecule has 5 aliphatic rings. The van der Waals surface area contributed by atoms with Crippen molar-refractivity contribution in [1.29, 1.82) is 0 Å². The molecule has 0 radical (unpaired) electrons. The number of rotatable bonds is 21. The number of carbonyl (C=O) groups excluding carboxylic acids is 2. The topological polar surface area (TPSA) is 575 Å². The third-order valence-electron chi connectivity index (χ3n) is 11.7. The van der Waals surface area contributed by atoms with E-state index < -0.39 is 229 Å². The summed E-state index contributed by atoms with van der Waals surface area (Å²) >= 11 is 0. The summed E-state index contributed by atoms with van der Waals surface area (Å²) in [6.07, 6.45) is -49.5. The minimum absolute atomic E-state index is 0.870. The van der Waals surface area contributed by atoms with Gasteiger partial charge in [-0.3, -0.25) is 23.2 Å². The van der Waals surface area contributed by atoms with Gasteiger partial charge in [0.2, 0.25) is 11.8 Å². The Labute approximate surface area is 418 Å². The molecule has 0 aromatic carbocycles. The Morgan fingerprint density at radius 1 is 0.405 bits per heavy atom. The lowest BCUT2D eigenvalue weighted by Gasteiger charge is -2.50. The molecule has 5 fully saturated rings. The average Bonchev–Trinajstić information content (AvgIpc) is 3.29. The number of hydrogen-bond donors (Lipinski definition) is 17. The summed E-state index contributed by atoms with van der Waals surface area (Å²) in [5.41, 5.74) is 0. The van der Waals surface area contributed by atoms with E-state index in [4.69, 9.17) is 47.2 Å². The van der Waals surface area contributed by atoms with Crippen molar-refractivity contribution in [3.63, 3.8) is 0 Å². The molecule has 37 nitrogen and oxygen atoms in total. The van der Waals surface area contributed by atoms with E-state index in [0.29, 0.717) is 0 Å². The molecule has 2 amide bonds. The lowest BCUT2D eigenvalue weighted by molar-refractivity contribution is -0.381. The van der Waals surface area contributed by atoms with Crippen molar-refractivity contribution < 1.29 is 165 Å². The van der Waals surface area contributed by atoms with Crippen LogP contribution in [0, 0.1) is 0 Å². The molecular formula is C34H58N2O35S3. The Morgan fingerprint density at radius 3 is 1.14 bits per heavy atom. The second-order valence-corrected chi connectivity index (χ2v) is 20.3. The molecule has 5 aliphatic heterocycles. The maximum atomic E-state index is 12.6. The largest absolute Gasteiger partial charge is 0.397 e.